The molecule has 0 amide bonds. The van der Waals surface area contributed by atoms with Crippen LogP contribution in [0.5, 0.6) is 0 Å². The second-order valence-electron chi connectivity index (χ2n) is 8.17. The monoisotopic (exact) mass is 448 g/mol. The van der Waals surface area contributed by atoms with Crippen molar-refractivity contribution in [3.63, 3.8) is 0 Å². The summed E-state index contributed by atoms with van der Waals surface area (Å²) in [7, 11) is 0. The zero-order valence-electron chi connectivity index (χ0n) is 18.7. The number of halogens is 3. The van der Waals surface area contributed by atoms with E-state index >= 15 is 0 Å². The van der Waals surface area contributed by atoms with Gasteiger partial charge in [-0.2, -0.15) is 0 Å². The number of ether oxygens (including phenoxy) is 1. The molecule has 174 valence electrons. The lowest BCUT2D eigenvalue weighted by Gasteiger charge is -2.21. The summed E-state index contributed by atoms with van der Waals surface area (Å²) in [6.07, 6.45) is 2.55. The Labute approximate surface area is 187 Å². The number of hydrogen-bond donors (Lipinski definition) is 2. The maximum atomic E-state index is 13.7. The summed E-state index contributed by atoms with van der Waals surface area (Å²) in [5, 5.41) is 6.46. The third-order valence-electron chi connectivity index (χ3n) is 5.35. The van der Waals surface area contributed by atoms with Crippen molar-refractivity contribution in [2.24, 2.45) is 0 Å². The highest BCUT2D eigenvalue weighted by atomic mass is 19.3. The van der Waals surface area contributed by atoms with E-state index < -0.39 is 5.92 Å². The number of nitrogens with zero attached hydrogens (tertiary/aromatic N) is 2. The maximum Gasteiger partial charge on any atom is 0.270 e. The molecule has 3 rings (SSSR count). The third kappa shape index (κ3) is 6.45. The minimum atomic E-state index is -2.90. The Morgan fingerprint density at radius 3 is 2.81 bits per heavy atom. The number of aromatic nitrogens is 2. The molecule has 2 aromatic rings. The molecule has 32 heavy (non-hydrogen) atoms. The van der Waals surface area contributed by atoms with Crippen molar-refractivity contribution < 1.29 is 17.9 Å². The van der Waals surface area contributed by atoms with Gasteiger partial charge in [0.05, 0.1) is 18.5 Å². The molecule has 2 heterocycles. The lowest BCUT2D eigenvalue weighted by atomic mass is 10.0. The normalized spacial score (nSPS) is 16.2. The van der Waals surface area contributed by atoms with Gasteiger partial charge in [-0.15, -0.1) is 0 Å². The Bertz CT molecular complexity index is 924. The van der Waals surface area contributed by atoms with Gasteiger partial charge in [-0.3, -0.25) is 4.39 Å². The Morgan fingerprint density at radius 1 is 1.31 bits per heavy atom. The van der Waals surface area contributed by atoms with Gasteiger partial charge in [0, 0.05) is 49.9 Å². The van der Waals surface area contributed by atoms with Gasteiger partial charge in [-0.05, 0) is 37.8 Å². The fourth-order valence-electron chi connectivity index (χ4n) is 3.79. The Kier molecular flexibility index (Phi) is 8.12. The molecule has 0 aliphatic carbocycles. The summed E-state index contributed by atoms with van der Waals surface area (Å²) >= 11 is 0. The molecular formula is C24H31F3N4O. The molecule has 0 saturated carbocycles. The fourth-order valence-corrected chi connectivity index (χ4v) is 3.79. The zero-order chi connectivity index (χ0) is 23.1. The maximum absolute atomic E-state index is 13.7. The number of allylic oxidation sites excluding steroid dienone is 1. The van der Waals surface area contributed by atoms with Gasteiger partial charge in [0.2, 0.25) is 0 Å². The van der Waals surface area contributed by atoms with Crippen molar-refractivity contribution in [2.45, 2.75) is 58.1 Å². The molecule has 8 heteroatoms. The molecule has 1 saturated heterocycles. The first kappa shape index (κ1) is 24.0. The molecule has 1 atom stereocenters. The molecule has 1 aromatic carbocycles. The second kappa shape index (κ2) is 10.8. The predicted octanol–water partition coefficient (Wildman–Crippen LogP) is 5.37. The van der Waals surface area contributed by atoms with Crippen LogP contribution in [0.2, 0.25) is 0 Å². The lowest BCUT2D eigenvalue weighted by molar-refractivity contribution is 0.0174. The number of alkyl halides is 3. The summed E-state index contributed by atoms with van der Waals surface area (Å²) < 4.78 is 45.8. The van der Waals surface area contributed by atoms with Crippen LogP contribution < -0.4 is 10.6 Å². The van der Waals surface area contributed by atoms with E-state index in [9.17, 15) is 13.2 Å². The minimum Gasteiger partial charge on any atom is -0.388 e. The standard InChI is InChI=1S/C24H31F3N4O/c1-16(28-11-6-10-25)13-20-22(21-9-5-12-32-21)23(31-17(2)30-20)29-15-18-7-4-8-19(14-18)24(3,26)27/h4,7-8,14,21,28H,1,5-6,9-13,15H2,2-3H3,(H,29,30,31). The first-order valence-corrected chi connectivity index (χ1v) is 11.0. The Hall–Kier alpha value is -2.61. The van der Waals surface area contributed by atoms with Crippen LogP contribution in [-0.2, 0) is 23.6 Å². The highest BCUT2D eigenvalue weighted by Crippen LogP contribution is 2.35. The first-order valence-electron chi connectivity index (χ1n) is 11.0. The quantitative estimate of drug-likeness (QED) is 0.453. The highest BCUT2D eigenvalue weighted by molar-refractivity contribution is 5.50. The molecule has 1 aromatic heterocycles. The van der Waals surface area contributed by atoms with Gasteiger partial charge in [-0.1, -0.05) is 24.8 Å². The summed E-state index contributed by atoms with van der Waals surface area (Å²) in [5.74, 6) is -1.66. The van der Waals surface area contributed by atoms with Gasteiger partial charge >= 0.3 is 0 Å². The molecule has 1 unspecified atom stereocenters. The largest absolute Gasteiger partial charge is 0.388 e. The van der Waals surface area contributed by atoms with Crippen LogP contribution in [0.25, 0.3) is 0 Å². The van der Waals surface area contributed by atoms with Crippen molar-refractivity contribution >= 4 is 5.82 Å². The summed E-state index contributed by atoms with van der Waals surface area (Å²) in [6, 6.07) is 6.37. The van der Waals surface area contributed by atoms with Crippen LogP contribution in [0.3, 0.4) is 0 Å². The number of benzene rings is 1. The van der Waals surface area contributed by atoms with E-state index in [0.717, 1.165) is 42.3 Å². The Balaban J connectivity index is 1.84. The van der Waals surface area contributed by atoms with Gasteiger partial charge in [0.1, 0.15) is 11.6 Å². The molecule has 0 bridgehead atoms. The third-order valence-corrected chi connectivity index (χ3v) is 5.35. The number of nitrogens with one attached hydrogen (secondary N) is 2. The molecule has 5 nitrogen and oxygen atoms in total. The Morgan fingerprint density at radius 2 is 2.12 bits per heavy atom. The highest BCUT2D eigenvalue weighted by Gasteiger charge is 2.27. The van der Waals surface area contributed by atoms with Gasteiger partial charge in [0.25, 0.3) is 5.92 Å². The molecule has 1 fully saturated rings. The predicted molar refractivity (Wildman–Crippen MR) is 119 cm³/mol. The molecule has 1 aliphatic rings. The van der Waals surface area contributed by atoms with E-state index in [1.807, 2.05) is 6.92 Å². The number of aryl methyl sites for hydroxylation is 1. The number of anilines is 1. The lowest BCUT2D eigenvalue weighted by Crippen LogP contribution is -2.19. The van der Waals surface area contributed by atoms with Crippen molar-refractivity contribution in [3.05, 3.63) is 64.8 Å². The van der Waals surface area contributed by atoms with Crippen molar-refractivity contribution in [2.75, 3.05) is 25.1 Å². The van der Waals surface area contributed by atoms with E-state index in [2.05, 4.69) is 27.2 Å². The molecule has 0 spiro atoms. The van der Waals surface area contributed by atoms with E-state index in [1.54, 1.807) is 12.1 Å². The molecule has 0 radical (unpaired) electrons. The van der Waals surface area contributed by atoms with Crippen molar-refractivity contribution in [1.82, 2.24) is 15.3 Å². The van der Waals surface area contributed by atoms with Crippen LogP contribution in [0.15, 0.2) is 36.5 Å². The van der Waals surface area contributed by atoms with E-state index in [4.69, 9.17) is 4.74 Å². The van der Waals surface area contributed by atoms with E-state index in [1.165, 1.54) is 12.1 Å². The van der Waals surface area contributed by atoms with Crippen LogP contribution in [0.4, 0.5) is 19.0 Å². The van der Waals surface area contributed by atoms with Crippen LogP contribution >= 0.6 is 0 Å². The first-order chi connectivity index (χ1) is 15.3. The van der Waals surface area contributed by atoms with Gasteiger partial charge < -0.3 is 15.4 Å². The van der Waals surface area contributed by atoms with Gasteiger partial charge in [0.15, 0.2) is 0 Å². The SMILES string of the molecule is C=C(Cc1nc(C)nc(NCc2cccc(C(C)(F)F)c2)c1C1CCCO1)NCCCF. The summed E-state index contributed by atoms with van der Waals surface area (Å²) in [6.45, 7) is 7.89. The fraction of sp³-hybridized carbons (Fsp3) is 0.500. The zero-order valence-corrected chi connectivity index (χ0v) is 18.7. The van der Waals surface area contributed by atoms with E-state index in [-0.39, 0.29) is 18.3 Å². The minimum absolute atomic E-state index is 0.0219. The number of hydrogen-bond acceptors (Lipinski definition) is 5. The van der Waals surface area contributed by atoms with Crippen LogP contribution in [-0.4, -0.2) is 29.8 Å². The van der Waals surface area contributed by atoms with Gasteiger partial charge in [-0.25, -0.2) is 18.7 Å². The molecule has 2 N–H and O–H groups in total. The topological polar surface area (TPSA) is 59.1 Å². The van der Waals surface area contributed by atoms with Crippen LogP contribution in [0, 0.1) is 6.92 Å². The van der Waals surface area contributed by atoms with Crippen LogP contribution in [0.1, 0.15) is 60.5 Å². The molecular weight excluding hydrogens is 417 g/mol. The van der Waals surface area contributed by atoms with Crippen molar-refractivity contribution in [3.8, 4) is 0 Å². The summed E-state index contributed by atoms with van der Waals surface area (Å²) in [5.41, 5.74) is 3.14. The summed E-state index contributed by atoms with van der Waals surface area (Å²) in [4.78, 5) is 9.24. The average Bonchev–Trinajstić information content (AvgIpc) is 3.26. The average molecular weight is 449 g/mol. The molecule has 1 aliphatic heterocycles. The number of rotatable bonds is 11. The smallest absolute Gasteiger partial charge is 0.270 e. The second-order valence-corrected chi connectivity index (χ2v) is 8.17. The van der Waals surface area contributed by atoms with E-state index in [0.29, 0.717) is 44.2 Å². The van der Waals surface area contributed by atoms with Crippen molar-refractivity contribution in [1.29, 1.82) is 0 Å².